The van der Waals surface area contributed by atoms with Crippen molar-refractivity contribution in [2.75, 3.05) is 18.5 Å². The van der Waals surface area contributed by atoms with Crippen molar-refractivity contribution in [3.63, 3.8) is 0 Å². The molecule has 0 spiro atoms. The molecule has 3 aromatic carbocycles. The maximum Gasteiger partial charge on any atom is 0.273 e. The number of aryl methyl sites for hydroxylation is 1. The van der Waals surface area contributed by atoms with Crippen LogP contribution >= 0.6 is 0 Å². The second-order valence-electron chi connectivity index (χ2n) is 7.95. The van der Waals surface area contributed by atoms with Gasteiger partial charge in [0, 0.05) is 11.3 Å². The first-order chi connectivity index (χ1) is 17.1. The first-order valence-corrected chi connectivity index (χ1v) is 11.6. The maximum atomic E-state index is 12.6. The second kappa shape index (κ2) is 11.2. The summed E-state index contributed by atoms with van der Waals surface area (Å²) in [6.07, 6.45) is 0. The van der Waals surface area contributed by atoms with Crippen LogP contribution in [0.4, 0.5) is 5.69 Å². The van der Waals surface area contributed by atoms with Crippen LogP contribution in [-0.4, -0.2) is 29.3 Å². The molecule has 0 unspecified atom stereocenters. The fraction of sp³-hybridized carbons (Fsp3) is 0.214. The molecule has 0 saturated heterocycles. The predicted octanol–water partition coefficient (Wildman–Crippen LogP) is 6.01. The molecule has 4 aromatic rings. The highest BCUT2D eigenvalue weighted by molar-refractivity contribution is 6.03. The first-order valence-electron chi connectivity index (χ1n) is 11.6. The minimum absolute atomic E-state index is 0.262. The quantitative estimate of drug-likeness (QED) is 0.296. The van der Waals surface area contributed by atoms with Crippen LogP contribution < -0.4 is 19.5 Å². The number of hydrogen-bond acceptors (Lipinski definition) is 5. The van der Waals surface area contributed by atoms with E-state index in [9.17, 15) is 4.79 Å². The van der Waals surface area contributed by atoms with Gasteiger partial charge in [0.1, 0.15) is 18.1 Å². The topological polar surface area (TPSA) is 85.5 Å². The molecule has 35 heavy (non-hydrogen) atoms. The third-order valence-corrected chi connectivity index (χ3v) is 5.30. The van der Waals surface area contributed by atoms with E-state index >= 15 is 0 Å². The summed E-state index contributed by atoms with van der Waals surface area (Å²) in [5.41, 5.74) is 4.87. The van der Waals surface area contributed by atoms with Crippen molar-refractivity contribution in [1.82, 2.24) is 10.2 Å². The van der Waals surface area contributed by atoms with Gasteiger partial charge in [0.15, 0.2) is 11.5 Å². The van der Waals surface area contributed by atoms with Crippen LogP contribution in [-0.2, 0) is 6.61 Å². The van der Waals surface area contributed by atoms with E-state index in [-0.39, 0.29) is 5.91 Å². The lowest BCUT2D eigenvalue weighted by atomic mass is 10.1. The van der Waals surface area contributed by atoms with E-state index in [1.165, 1.54) is 5.56 Å². The summed E-state index contributed by atoms with van der Waals surface area (Å²) in [6, 6.07) is 22.8. The highest BCUT2D eigenvalue weighted by Gasteiger charge is 2.12. The highest BCUT2D eigenvalue weighted by atomic mass is 16.5. The van der Waals surface area contributed by atoms with Gasteiger partial charge in [-0.15, -0.1) is 0 Å². The van der Waals surface area contributed by atoms with Crippen molar-refractivity contribution in [1.29, 1.82) is 0 Å². The number of benzene rings is 3. The Kier molecular flexibility index (Phi) is 7.67. The Morgan fingerprint density at radius 1 is 0.857 bits per heavy atom. The number of rotatable bonds is 10. The van der Waals surface area contributed by atoms with Crippen LogP contribution in [0.5, 0.6) is 17.2 Å². The number of hydrogen-bond donors (Lipinski definition) is 2. The molecule has 1 heterocycles. The molecule has 0 saturated carbocycles. The van der Waals surface area contributed by atoms with Gasteiger partial charge in [0.2, 0.25) is 0 Å². The van der Waals surface area contributed by atoms with Crippen LogP contribution in [0.15, 0.2) is 72.8 Å². The molecular formula is C28H29N3O4. The van der Waals surface area contributed by atoms with Crippen LogP contribution in [0.25, 0.3) is 11.3 Å². The Morgan fingerprint density at radius 3 is 2.29 bits per heavy atom. The van der Waals surface area contributed by atoms with Gasteiger partial charge in [-0.25, -0.2) is 0 Å². The van der Waals surface area contributed by atoms with Crippen molar-refractivity contribution in [2.45, 2.75) is 27.4 Å². The zero-order valence-corrected chi connectivity index (χ0v) is 20.1. The number of anilines is 1. The number of nitrogens with zero attached hydrogens (tertiary/aromatic N) is 1. The molecule has 0 bridgehead atoms. The molecule has 0 aliphatic heterocycles. The Hall–Kier alpha value is -4.26. The van der Waals surface area contributed by atoms with Gasteiger partial charge in [-0.3, -0.25) is 9.89 Å². The Bertz CT molecular complexity index is 1260. The second-order valence-corrected chi connectivity index (χ2v) is 7.95. The molecule has 0 atom stereocenters. The summed E-state index contributed by atoms with van der Waals surface area (Å²) in [7, 11) is 0. The zero-order chi connectivity index (χ0) is 24.6. The summed E-state index contributed by atoms with van der Waals surface area (Å²) < 4.78 is 17.2. The van der Waals surface area contributed by atoms with Crippen molar-refractivity contribution in [3.05, 3.63) is 89.6 Å². The SMILES string of the molecule is CCOc1ccc(COc2ccc(NC(=O)c3cc(-c4ccc(C)cc4)n[nH]3)cc2)cc1OCC. The summed E-state index contributed by atoms with van der Waals surface area (Å²) >= 11 is 0. The van der Waals surface area contributed by atoms with Gasteiger partial charge in [0.25, 0.3) is 5.91 Å². The van der Waals surface area contributed by atoms with E-state index in [2.05, 4.69) is 15.5 Å². The fourth-order valence-electron chi connectivity index (χ4n) is 3.50. The van der Waals surface area contributed by atoms with E-state index in [0.717, 1.165) is 22.6 Å². The molecule has 4 rings (SSSR count). The zero-order valence-electron chi connectivity index (χ0n) is 20.1. The van der Waals surface area contributed by atoms with Gasteiger partial charge < -0.3 is 19.5 Å². The van der Waals surface area contributed by atoms with E-state index in [1.807, 2.05) is 75.4 Å². The third kappa shape index (κ3) is 6.20. The number of ether oxygens (including phenoxy) is 3. The monoisotopic (exact) mass is 471 g/mol. The lowest BCUT2D eigenvalue weighted by Crippen LogP contribution is -2.12. The predicted molar refractivity (Wildman–Crippen MR) is 136 cm³/mol. The summed E-state index contributed by atoms with van der Waals surface area (Å²) in [5.74, 6) is 1.86. The Labute approximate surface area is 205 Å². The Morgan fingerprint density at radius 2 is 1.57 bits per heavy atom. The number of carbonyl (C=O) groups is 1. The summed E-state index contributed by atoms with van der Waals surface area (Å²) in [4.78, 5) is 12.6. The molecule has 1 aromatic heterocycles. The molecule has 0 radical (unpaired) electrons. The normalized spacial score (nSPS) is 10.6. The van der Waals surface area contributed by atoms with Crippen LogP contribution in [0.1, 0.15) is 35.5 Å². The minimum atomic E-state index is -0.262. The molecular weight excluding hydrogens is 442 g/mol. The van der Waals surface area contributed by atoms with Crippen molar-refractivity contribution < 1.29 is 19.0 Å². The maximum absolute atomic E-state index is 12.6. The third-order valence-electron chi connectivity index (χ3n) is 5.30. The molecule has 0 aliphatic carbocycles. The Balaban J connectivity index is 1.34. The number of aromatic amines is 1. The first kappa shape index (κ1) is 23.9. The molecule has 180 valence electrons. The molecule has 2 N–H and O–H groups in total. The average Bonchev–Trinajstić information content (AvgIpc) is 3.36. The lowest BCUT2D eigenvalue weighted by Gasteiger charge is -2.13. The van der Waals surface area contributed by atoms with E-state index < -0.39 is 0 Å². The van der Waals surface area contributed by atoms with Gasteiger partial charge >= 0.3 is 0 Å². The van der Waals surface area contributed by atoms with Gasteiger partial charge in [-0.2, -0.15) is 5.10 Å². The number of aromatic nitrogens is 2. The highest BCUT2D eigenvalue weighted by Crippen LogP contribution is 2.29. The molecule has 1 amide bonds. The van der Waals surface area contributed by atoms with Crippen molar-refractivity contribution in [2.24, 2.45) is 0 Å². The van der Waals surface area contributed by atoms with Crippen molar-refractivity contribution >= 4 is 11.6 Å². The van der Waals surface area contributed by atoms with Gasteiger partial charge in [0.05, 0.1) is 18.9 Å². The molecule has 0 aliphatic rings. The standard InChI is InChI=1S/C28H29N3O4/c1-4-33-26-15-8-20(16-27(26)34-5-2)18-35-23-13-11-22(12-14-23)29-28(32)25-17-24(30-31-25)21-9-6-19(3)7-10-21/h6-17H,4-5,18H2,1-3H3,(H,29,32)(H,30,31). The summed E-state index contributed by atoms with van der Waals surface area (Å²) in [6.45, 7) is 7.43. The lowest BCUT2D eigenvalue weighted by molar-refractivity contribution is 0.102. The van der Waals surface area contributed by atoms with Crippen LogP contribution in [0, 0.1) is 6.92 Å². The van der Waals surface area contributed by atoms with E-state index in [4.69, 9.17) is 14.2 Å². The smallest absolute Gasteiger partial charge is 0.273 e. The number of nitrogens with one attached hydrogen (secondary N) is 2. The molecule has 7 heteroatoms. The van der Waals surface area contributed by atoms with Crippen LogP contribution in [0.2, 0.25) is 0 Å². The summed E-state index contributed by atoms with van der Waals surface area (Å²) in [5, 5.41) is 9.94. The van der Waals surface area contributed by atoms with Gasteiger partial charge in [-0.05, 0) is 68.8 Å². The minimum Gasteiger partial charge on any atom is -0.490 e. The van der Waals surface area contributed by atoms with Gasteiger partial charge in [-0.1, -0.05) is 35.9 Å². The number of H-pyrrole nitrogens is 1. The van der Waals surface area contributed by atoms with Crippen LogP contribution in [0.3, 0.4) is 0 Å². The average molecular weight is 472 g/mol. The largest absolute Gasteiger partial charge is 0.490 e. The molecule has 0 fully saturated rings. The van der Waals surface area contributed by atoms with E-state index in [0.29, 0.717) is 42.7 Å². The number of amides is 1. The van der Waals surface area contributed by atoms with Crippen molar-refractivity contribution in [3.8, 4) is 28.5 Å². The van der Waals surface area contributed by atoms with E-state index in [1.54, 1.807) is 18.2 Å². The number of carbonyl (C=O) groups excluding carboxylic acids is 1. The molecule has 7 nitrogen and oxygen atoms in total. The fourth-order valence-corrected chi connectivity index (χ4v) is 3.50.